The van der Waals surface area contributed by atoms with Crippen LogP contribution in [0.5, 0.6) is 0 Å². The molecule has 0 aliphatic carbocycles. The van der Waals surface area contributed by atoms with Gasteiger partial charge in [0.1, 0.15) is 36.5 Å². The molecular weight excluding hydrogens is 752 g/mol. The van der Waals surface area contributed by atoms with E-state index < -0.39 is 16.1 Å². The molecular formula is C43H59FN8O3Si2. The van der Waals surface area contributed by atoms with E-state index in [4.69, 9.17) is 19.6 Å². The third-order valence-corrected chi connectivity index (χ3v) is 14.5. The van der Waals surface area contributed by atoms with Crippen LogP contribution in [0.3, 0.4) is 0 Å². The Morgan fingerprint density at radius 1 is 0.877 bits per heavy atom. The number of benzene rings is 2. The van der Waals surface area contributed by atoms with E-state index in [0.29, 0.717) is 43.4 Å². The summed E-state index contributed by atoms with van der Waals surface area (Å²) in [7, 11) is -2.64. The smallest absolute Gasteiger partial charge is 0.274 e. The van der Waals surface area contributed by atoms with Crippen molar-refractivity contribution in [3.8, 4) is 22.6 Å². The minimum Gasteiger partial charge on any atom is -0.361 e. The maximum atomic E-state index is 15.0. The number of amides is 1. The second kappa shape index (κ2) is 16.9. The van der Waals surface area contributed by atoms with Crippen LogP contribution in [-0.4, -0.2) is 82.6 Å². The highest BCUT2D eigenvalue weighted by molar-refractivity contribution is 6.76. The molecule has 2 aliphatic heterocycles. The van der Waals surface area contributed by atoms with Crippen LogP contribution >= 0.6 is 0 Å². The Morgan fingerprint density at radius 2 is 1.60 bits per heavy atom. The summed E-state index contributed by atoms with van der Waals surface area (Å²) in [5, 5.41) is 6.10. The Kier molecular flexibility index (Phi) is 12.2. The molecule has 14 heteroatoms. The first-order chi connectivity index (χ1) is 27.2. The zero-order valence-electron chi connectivity index (χ0n) is 35.1. The van der Waals surface area contributed by atoms with E-state index in [0.717, 1.165) is 94.9 Å². The van der Waals surface area contributed by atoms with Crippen molar-refractivity contribution in [2.75, 3.05) is 31.2 Å². The van der Waals surface area contributed by atoms with Crippen LogP contribution in [0.15, 0.2) is 42.7 Å². The van der Waals surface area contributed by atoms with Gasteiger partial charge in [0.2, 0.25) is 0 Å². The normalized spacial score (nSPS) is 14.9. The largest absolute Gasteiger partial charge is 0.361 e. The number of ether oxygens (including phenoxy) is 2. The fourth-order valence-corrected chi connectivity index (χ4v) is 9.08. The first-order valence-corrected chi connectivity index (χ1v) is 28.0. The molecule has 0 bridgehead atoms. The lowest BCUT2D eigenvalue weighted by Crippen LogP contribution is -2.31. The lowest BCUT2D eigenvalue weighted by atomic mass is 9.95. The molecule has 2 aliphatic rings. The topological polar surface area (TPSA) is 103 Å². The minimum atomic E-state index is -1.33. The van der Waals surface area contributed by atoms with Crippen LogP contribution in [0.1, 0.15) is 59.2 Å². The van der Waals surface area contributed by atoms with Gasteiger partial charge in [0, 0.05) is 47.8 Å². The lowest BCUT2D eigenvalue weighted by Gasteiger charge is -2.27. The zero-order chi connectivity index (χ0) is 40.5. The van der Waals surface area contributed by atoms with Crippen LogP contribution in [-0.2, 0) is 42.4 Å². The van der Waals surface area contributed by atoms with Crippen molar-refractivity contribution in [1.82, 2.24) is 34.2 Å². The number of rotatable bonds is 15. The SMILES string of the molecule is CCc1cc(C)c(F)cc1-c1ccc2c(-c3nc4c(n3COCC[Si](C)(C)C)CN(C(=O)c3cnc(N5CCCCC5)cn3)C4)nn(COCC[Si](C)(C)C)c2c1. The van der Waals surface area contributed by atoms with E-state index in [1.807, 2.05) is 17.7 Å². The molecule has 304 valence electrons. The zero-order valence-corrected chi connectivity index (χ0v) is 37.1. The second-order valence-corrected chi connectivity index (χ2v) is 29.4. The number of imidazole rings is 1. The minimum absolute atomic E-state index is 0.171. The third kappa shape index (κ3) is 9.40. The third-order valence-electron chi connectivity index (χ3n) is 11.1. The highest BCUT2D eigenvalue weighted by Crippen LogP contribution is 2.36. The molecule has 0 radical (unpaired) electrons. The maximum absolute atomic E-state index is 15.0. The molecule has 1 fully saturated rings. The molecule has 7 rings (SSSR count). The van der Waals surface area contributed by atoms with Crippen molar-refractivity contribution in [2.24, 2.45) is 0 Å². The van der Waals surface area contributed by atoms with Gasteiger partial charge in [-0.2, -0.15) is 5.10 Å². The fraction of sp³-hybridized carbons (Fsp3) is 0.512. The summed E-state index contributed by atoms with van der Waals surface area (Å²) < 4.78 is 31.6. The average Bonchev–Trinajstić information content (AvgIpc) is 3.86. The summed E-state index contributed by atoms with van der Waals surface area (Å²) in [4.78, 5) is 32.2. The van der Waals surface area contributed by atoms with Crippen molar-refractivity contribution in [3.63, 3.8) is 0 Å². The summed E-state index contributed by atoms with van der Waals surface area (Å²) in [5.41, 5.74) is 7.22. The average molecular weight is 811 g/mol. The standard InChI is InChI=1S/C43H59FN8O3Si2/c1-9-31-21-30(2)35(44)23-34(31)32-13-14-33-38(22-32)52(29-55-18-20-57(6,7)8)48-41(33)42-47-37-26-50(27-39(37)51(42)28-54-17-19-56(3,4)5)43(53)36-24-46-40(25-45-36)49-15-11-10-12-16-49/h13-14,21-25H,9-12,15-20,26-29H2,1-8H3. The molecule has 1 saturated heterocycles. The summed E-state index contributed by atoms with van der Waals surface area (Å²) in [6.45, 7) is 22.5. The van der Waals surface area contributed by atoms with Crippen molar-refractivity contribution in [1.29, 1.82) is 0 Å². The number of piperidine rings is 1. The molecule has 1 amide bonds. The molecule has 5 aromatic rings. The van der Waals surface area contributed by atoms with Crippen LogP contribution in [0, 0.1) is 12.7 Å². The number of carbonyl (C=O) groups excluding carboxylic acids is 1. The van der Waals surface area contributed by atoms with Gasteiger partial charge in [0.25, 0.3) is 5.91 Å². The predicted octanol–water partition coefficient (Wildman–Crippen LogP) is 9.14. The Balaban J connectivity index is 1.23. The first-order valence-electron chi connectivity index (χ1n) is 20.6. The summed E-state index contributed by atoms with van der Waals surface area (Å²) in [6.07, 6.45) is 7.65. The van der Waals surface area contributed by atoms with Gasteiger partial charge in [-0.25, -0.2) is 24.0 Å². The Hall–Kier alpha value is -4.25. The molecule has 57 heavy (non-hydrogen) atoms. The van der Waals surface area contributed by atoms with Gasteiger partial charge in [-0.15, -0.1) is 0 Å². The molecule has 0 saturated carbocycles. The Labute approximate surface area is 338 Å². The fourth-order valence-electron chi connectivity index (χ4n) is 7.57. The predicted molar refractivity (Wildman–Crippen MR) is 230 cm³/mol. The van der Waals surface area contributed by atoms with Crippen LogP contribution in [0.25, 0.3) is 33.5 Å². The highest BCUT2D eigenvalue weighted by Gasteiger charge is 2.33. The number of anilines is 1. The van der Waals surface area contributed by atoms with Crippen LogP contribution in [0.4, 0.5) is 10.2 Å². The molecule has 11 nitrogen and oxygen atoms in total. The van der Waals surface area contributed by atoms with Gasteiger partial charge in [0.15, 0.2) is 5.82 Å². The number of aromatic nitrogens is 6. The molecule has 0 atom stereocenters. The number of aryl methyl sites for hydroxylation is 2. The Bertz CT molecular complexity index is 2220. The Morgan fingerprint density at radius 3 is 2.26 bits per heavy atom. The van der Waals surface area contributed by atoms with E-state index in [-0.39, 0.29) is 25.2 Å². The molecule has 0 N–H and O–H groups in total. The van der Waals surface area contributed by atoms with E-state index in [9.17, 15) is 9.18 Å². The molecule has 0 unspecified atom stereocenters. The van der Waals surface area contributed by atoms with Crippen LogP contribution in [0.2, 0.25) is 51.4 Å². The highest BCUT2D eigenvalue weighted by atomic mass is 28.3. The number of carbonyl (C=O) groups is 1. The van der Waals surface area contributed by atoms with Gasteiger partial charge in [-0.1, -0.05) is 58.3 Å². The lowest BCUT2D eigenvalue weighted by molar-refractivity contribution is 0.0717. The summed E-state index contributed by atoms with van der Waals surface area (Å²) >= 11 is 0. The van der Waals surface area contributed by atoms with Gasteiger partial charge in [-0.05, 0) is 85.1 Å². The van der Waals surface area contributed by atoms with E-state index in [1.165, 1.54) is 6.42 Å². The summed E-state index contributed by atoms with van der Waals surface area (Å²) in [5.74, 6) is 1.13. The van der Waals surface area contributed by atoms with E-state index >= 15 is 0 Å². The molecule has 5 heterocycles. The van der Waals surface area contributed by atoms with Crippen LogP contribution < -0.4 is 4.90 Å². The molecule has 2 aromatic carbocycles. The number of hydrogen-bond donors (Lipinski definition) is 0. The van der Waals surface area contributed by atoms with Gasteiger partial charge in [-0.3, -0.25) is 4.79 Å². The van der Waals surface area contributed by atoms with Gasteiger partial charge in [0.05, 0.1) is 42.4 Å². The maximum Gasteiger partial charge on any atom is 0.274 e. The van der Waals surface area contributed by atoms with Crippen molar-refractivity contribution >= 4 is 38.8 Å². The quantitative estimate of drug-likeness (QED) is 0.0763. The number of halogens is 1. The van der Waals surface area contributed by atoms with Gasteiger partial charge < -0.3 is 23.8 Å². The van der Waals surface area contributed by atoms with E-state index in [2.05, 4.69) is 83.8 Å². The van der Waals surface area contributed by atoms with Crippen molar-refractivity contribution in [3.05, 3.63) is 76.8 Å². The molecule has 3 aromatic heterocycles. The number of hydrogen-bond acceptors (Lipinski definition) is 8. The molecule has 0 spiro atoms. The van der Waals surface area contributed by atoms with Crippen molar-refractivity contribution in [2.45, 2.75) is 117 Å². The monoisotopic (exact) mass is 810 g/mol. The van der Waals surface area contributed by atoms with Gasteiger partial charge >= 0.3 is 0 Å². The van der Waals surface area contributed by atoms with E-state index in [1.54, 1.807) is 23.4 Å². The summed E-state index contributed by atoms with van der Waals surface area (Å²) in [6, 6.07) is 11.9. The second-order valence-electron chi connectivity index (χ2n) is 18.1. The first kappa shape index (κ1) is 40.9. The van der Waals surface area contributed by atoms with Crippen molar-refractivity contribution < 1.29 is 18.7 Å². The number of fused-ring (bicyclic) bond motifs is 2. The number of nitrogens with zero attached hydrogens (tertiary/aromatic N) is 8.